The van der Waals surface area contributed by atoms with Gasteiger partial charge in [-0.2, -0.15) is 10.0 Å². The molecule has 14 heavy (non-hydrogen) atoms. The Labute approximate surface area is 84.7 Å². The SMILES string of the molecule is CCCC[N+]1(NC(N)=O)C=CN(C)C1. The van der Waals surface area contributed by atoms with Crippen molar-refractivity contribution in [2.24, 2.45) is 5.73 Å². The summed E-state index contributed by atoms with van der Waals surface area (Å²) in [5.41, 5.74) is 7.92. The molecule has 1 heterocycles. The Morgan fingerprint density at radius 1 is 1.71 bits per heavy atom. The molecule has 5 heteroatoms. The third kappa shape index (κ3) is 2.63. The van der Waals surface area contributed by atoms with Gasteiger partial charge in [-0.25, -0.2) is 4.79 Å². The zero-order valence-electron chi connectivity index (χ0n) is 8.86. The molecular formula is C9H19N4O+. The molecule has 3 N–H and O–H groups in total. The zero-order valence-corrected chi connectivity index (χ0v) is 8.86. The van der Waals surface area contributed by atoms with Gasteiger partial charge in [0.2, 0.25) is 0 Å². The van der Waals surface area contributed by atoms with E-state index in [-0.39, 0.29) is 0 Å². The molecule has 0 aromatic carbocycles. The highest BCUT2D eigenvalue weighted by atomic mass is 16.2. The summed E-state index contributed by atoms with van der Waals surface area (Å²) < 4.78 is 0.444. The van der Waals surface area contributed by atoms with Crippen molar-refractivity contribution in [1.29, 1.82) is 0 Å². The largest absolute Gasteiger partial charge is 0.356 e. The number of nitrogens with two attached hydrogens (primary N) is 1. The summed E-state index contributed by atoms with van der Waals surface area (Å²) in [6, 6.07) is -0.471. The van der Waals surface area contributed by atoms with Crippen molar-refractivity contribution in [1.82, 2.24) is 10.3 Å². The van der Waals surface area contributed by atoms with Crippen molar-refractivity contribution in [3.63, 3.8) is 0 Å². The lowest BCUT2D eigenvalue weighted by atomic mass is 10.3. The Bertz CT molecular complexity index is 241. The molecule has 1 atom stereocenters. The number of hydrogen-bond donors (Lipinski definition) is 2. The lowest BCUT2D eigenvalue weighted by Crippen LogP contribution is -2.58. The van der Waals surface area contributed by atoms with Crippen LogP contribution in [0.2, 0.25) is 0 Å². The van der Waals surface area contributed by atoms with Crippen LogP contribution in [0.25, 0.3) is 0 Å². The Kier molecular flexibility index (Phi) is 3.35. The van der Waals surface area contributed by atoms with E-state index in [1.165, 1.54) is 0 Å². The molecule has 0 aromatic heterocycles. The van der Waals surface area contributed by atoms with Crippen molar-refractivity contribution in [3.8, 4) is 0 Å². The lowest BCUT2D eigenvalue weighted by molar-refractivity contribution is -0.915. The van der Waals surface area contributed by atoms with Gasteiger partial charge in [0.25, 0.3) is 0 Å². The van der Waals surface area contributed by atoms with E-state index < -0.39 is 6.03 Å². The van der Waals surface area contributed by atoms with E-state index in [1.54, 1.807) is 0 Å². The average Bonchev–Trinajstić information content (AvgIpc) is 2.43. The molecule has 80 valence electrons. The summed E-state index contributed by atoms with van der Waals surface area (Å²) in [6.45, 7) is 3.77. The van der Waals surface area contributed by atoms with Crippen molar-refractivity contribution in [2.45, 2.75) is 19.8 Å². The molecule has 5 nitrogen and oxygen atoms in total. The number of carbonyl (C=O) groups excluding carboxylic acids is 1. The zero-order chi connectivity index (χ0) is 10.6. The van der Waals surface area contributed by atoms with Crippen molar-refractivity contribution in [2.75, 3.05) is 20.3 Å². The van der Waals surface area contributed by atoms with E-state index in [0.717, 1.165) is 26.1 Å². The average molecular weight is 199 g/mol. The van der Waals surface area contributed by atoms with Crippen LogP contribution >= 0.6 is 0 Å². The molecule has 2 amide bonds. The normalized spacial score (nSPS) is 25.4. The van der Waals surface area contributed by atoms with E-state index in [2.05, 4.69) is 12.3 Å². The van der Waals surface area contributed by atoms with E-state index in [0.29, 0.717) is 4.59 Å². The number of carbonyl (C=O) groups is 1. The highest BCUT2D eigenvalue weighted by molar-refractivity contribution is 5.70. The molecule has 1 rings (SSSR count). The topological polar surface area (TPSA) is 58.4 Å². The number of amides is 2. The van der Waals surface area contributed by atoms with Crippen LogP contribution in [0.5, 0.6) is 0 Å². The monoisotopic (exact) mass is 199 g/mol. The quantitative estimate of drug-likeness (QED) is 0.650. The molecule has 0 radical (unpaired) electrons. The highest BCUT2D eigenvalue weighted by Gasteiger charge is 2.32. The fraction of sp³-hybridized carbons (Fsp3) is 0.667. The second-order valence-corrected chi connectivity index (χ2v) is 3.78. The first-order valence-corrected chi connectivity index (χ1v) is 4.92. The molecule has 0 saturated carbocycles. The Morgan fingerprint density at radius 2 is 2.43 bits per heavy atom. The number of hydrogen-bond acceptors (Lipinski definition) is 2. The minimum absolute atomic E-state index is 0.444. The minimum Gasteiger partial charge on any atom is -0.348 e. The van der Waals surface area contributed by atoms with E-state index >= 15 is 0 Å². The first kappa shape index (κ1) is 10.8. The molecule has 0 bridgehead atoms. The molecule has 0 saturated heterocycles. The standard InChI is InChI=1S/C9H18N4O/c1-3-4-6-13(11-9(10)14)7-5-12(2)8-13/h5,7H,3-4,6,8H2,1-2H3,(H2-,10,11,14)/p+1. The number of quaternary nitrogens is 1. The molecule has 0 aliphatic carbocycles. The summed E-state index contributed by atoms with van der Waals surface area (Å²) in [7, 11) is 1.98. The van der Waals surface area contributed by atoms with Gasteiger partial charge in [-0.05, 0) is 6.42 Å². The van der Waals surface area contributed by atoms with Crippen molar-refractivity contribution >= 4 is 6.03 Å². The van der Waals surface area contributed by atoms with Crippen LogP contribution in [0.4, 0.5) is 4.79 Å². The minimum atomic E-state index is -0.471. The van der Waals surface area contributed by atoms with Crippen LogP contribution in [-0.2, 0) is 0 Å². The van der Waals surface area contributed by atoms with E-state index in [4.69, 9.17) is 5.73 Å². The summed E-state index contributed by atoms with van der Waals surface area (Å²) in [5.74, 6) is 0. The van der Waals surface area contributed by atoms with Gasteiger partial charge in [0.05, 0.1) is 6.20 Å². The molecule has 0 fully saturated rings. The van der Waals surface area contributed by atoms with Gasteiger partial charge in [0, 0.05) is 7.05 Å². The number of nitrogens with zero attached hydrogens (tertiary/aromatic N) is 2. The number of nitrogens with one attached hydrogen (secondary N) is 1. The predicted octanol–water partition coefficient (Wildman–Crippen LogP) is 0.561. The van der Waals surface area contributed by atoms with Gasteiger partial charge < -0.3 is 10.6 Å². The number of primary amides is 1. The second kappa shape index (κ2) is 4.32. The predicted molar refractivity (Wildman–Crippen MR) is 54.5 cm³/mol. The van der Waals surface area contributed by atoms with Gasteiger partial charge in [0.15, 0.2) is 6.67 Å². The third-order valence-corrected chi connectivity index (χ3v) is 2.33. The molecule has 1 aliphatic rings. The van der Waals surface area contributed by atoms with E-state index in [9.17, 15) is 4.79 Å². The Hall–Kier alpha value is -1.23. The van der Waals surface area contributed by atoms with Crippen molar-refractivity contribution < 1.29 is 9.39 Å². The summed E-state index contributed by atoms with van der Waals surface area (Å²) in [4.78, 5) is 12.9. The maximum absolute atomic E-state index is 10.9. The Morgan fingerprint density at radius 3 is 2.86 bits per heavy atom. The van der Waals surface area contributed by atoms with Crippen LogP contribution in [0.15, 0.2) is 12.4 Å². The molecule has 0 spiro atoms. The molecule has 0 aromatic rings. The number of urea groups is 1. The Balaban J connectivity index is 2.61. The molecular weight excluding hydrogens is 180 g/mol. The molecule has 1 unspecified atom stereocenters. The second-order valence-electron chi connectivity index (χ2n) is 3.78. The number of unbranched alkanes of at least 4 members (excludes halogenated alkanes) is 1. The fourth-order valence-electron chi connectivity index (χ4n) is 1.67. The van der Waals surface area contributed by atoms with Crippen LogP contribution in [0, 0.1) is 0 Å². The summed E-state index contributed by atoms with van der Waals surface area (Å²) >= 11 is 0. The van der Waals surface area contributed by atoms with Gasteiger partial charge in [-0.3, -0.25) is 0 Å². The van der Waals surface area contributed by atoms with Crippen LogP contribution < -0.4 is 11.2 Å². The van der Waals surface area contributed by atoms with Gasteiger partial charge in [-0.1, -0.05) is 13.3 Å². The summed E-state index contributed by atoms with van der Waals surface area (Å²) in [6.07, 6.45) is 6.11. The summed E-state index contributed by atoms with van der Waals surface area (Å²) in [5, 5.41) is 0. The lowest BCUT2D eigenvalue weighted by Gasteiger charge is -2.30. The van der Waals surface area contributed by atoms with Gasteiger partial charge in [0.1, 0.15) is 12.7 Å². The van der Waals surface area contributed by atoms with Crippen LogP contribution in [0.1, 0.15) is 19.8 Å². The highest BCUT2D eigenvalue weighted by Crippen LogP contribution is 2.14. The van der Waals surface area contributed by atoms with Gasteiger partial charge in [-0.15, -0.1) is 0 Å². The van der Waals surface area contributed by atoms with Crippen molar-refractivity contribution in [3.05, 3.63) is 12.4 Å². The van der Waals surface area contributed by atoms with Gasteiger partial charge >= 0.3 is 6.03 Å². The first-order chi connectivity index (χ1) is 6.58. The van der Waals surface area contributed by atoms with Crippen LogP contribution in [0.3, 0.4) is 0 Å². The number of rotatable bonds is 4. The maximum atomic E-state index is 10.9. The molecule has 1 aliphatic heterocycles. The van der Waals surface area contributed by atoms with Crippen LogP contribution in [-0.4, -0.2) is 35.8 Å². The first-order valence-electron chi connectivity index (χ1n) is 4.92. The smallest absolute Gasteiger partial charge is 0.348 e. The van der Waals surface area contributed by atoms with E-state index in [1.807, 2.05) is 24.3 Å². The fourth-order valence-corrected chi connectivity index (χ4v) is 1.67. The third-order valence-electron chi connectivity index (χ3n) is 2.33. The maximum Gasteiger partial charge on any atom is 0.356 e.